The lowest BCUT2D eigenvalue weighted by Gasteiger charge is -2.15. The minimum Gasteiger partial charge on any atom is -0.493 e. The summed E-state index contributed by atoms with van der Waals surface area (Å²) in [6.07, 6.45) is 0.888. The number of hydrogen-bond donors (Lipinski definition) is 2. The van der Waals surface area contributed by atoms with E-state index in [-0.39, 0.29) is 17.6 Å². The van der Waals surface area contributed by atoms with Gasteiger partial charge >= 0.3 is 0 Å². The van der Waals surface area contributed by atoms with Gasteiger partial charge in [0.2, 0.25) is 0 Å². The number of benzene rings is 3. The molecule has 1 heterocycles. The number of carbonyl (C=O) groups is 2. The molecule has 39 heavy (non-hydrogen) atoms. The Morgan fingerprint density at radius 2 is 1.62 bits per heavy atom. The Bertz CT molecular complexity index is 1470. The Morgan fingerprint density at radius 3 is 2.28 bits per heavy atom. The van der Waals surface area contributed by atoms with Gasteiger partial charge in [0, 0.05) is 35.7 Å². The van der Waals surface area contributed by atoms with Crippen molar-refractivity contribution in [3.8, 4) is 28.2 Å². The molecule has 2 N–H and O–H groups in total. The highest BCUT2D eigenvalue weighted by atomic mass is 19.1. The average Bonchev–Trinajstić information content (AvgIpc) is 3.30. The molecule has 0 aliphatic heterocycles. The number of halogens is 1. The molecule has 0 unspecified atom stereocenters. The fourth-order valence-electron chi connectivity index (χ4n) is 4.25. The van der Waals surface area contributed by atoms with Crippen molar-refractivity contribution in [1.82, 2.24) is 10.6 Å². The molecule has 0 aliphatic rings. The van der Waals surface area contributed by atoms with Crippen molar-refractivity contribution in [3.05, 3.63) is 77.6 Å². The predicted octanol–water partition coefficient (Wildman–Crippen LogP) is 7.08. The third kappa shape index (κ3) is 6.48. The highest BCUT2D eigenvalue weighted by Crippen LogP contribution is 2.38. The number of fused-ring (bicyclic) bond motifs is 1. The number of hydrogen-bond acceptors (Lipinski definition) is 4. The van der Waals surface area contributed by atoms with Gasteiger partial charge in [-0.2, -0.15) is 0 Å². The fraction of sp³-hybridized carbons (Fsp3) is 0.312. The Morgan fingerprint density at radius 1 is 0.897 bits per heavy atom. The monoisotopic (exact) mass is 530 g/mol. The lowest BCUT2D eigenvalue weighted by molar-refractivity contribution is 0.0945. The summed E-state index contributed by atoms with van der Waals surface area (Å²) in [5.41, 5.74) is 3.50. The molecule has 0 bridgehead atoms. The molecule has 4 rings (SSSR count). The van der Waals surface area contributed by atoms with Crippen LogP contribution in [-0.4, -0.2) is 32.0 Å². The van der Waals surface area contributed by atoms with E-state index in [4.69, 9.17) is 9.15 Å². The smallest absolute Gasteiger partial charge is 0.255 e. The second-order valence-corrected chi connectivity index (χ2v) is 10.4. The van der Waals surface area contributed by atoms with E-state index in [1.165, 1.54) is 12.1 Å². The molecule has 6 nitrogen and oxygen atoms in total. The first-order valence-corrected chi connectivity index (χ1v) is 13.3. The molecule has 7 heteroatoms. The van der Waals surface area contributed by atoms with Gasteiger partial charge in [-0.3, -0.25) is 9.59 Å². The molecule has 4 aromatic rings. The molecule has 204 valence electrons. The second-order valence-electron chi connectivity index (χ2n) is 10.4. The highest BCUT2D eigenvalue weighted by molar-refractivity contribution is 6.12. The van der Waals surface area contributed by atoms with Gasteiger partial charge in [0.05, 0.1) is 12.2 Å². The summed E-state index contributed by atoms with van der Waals surface area (Å²) in [5, 5.41) is 6.26. The standard InChI is InChI=1S/C32H35FN2O4/c1-19(2)14-15-38-27-12-9-23(31(36)35-18-20(3)4)17-25(27)22-8-13-28-26(16-22)29(32(37)34-5)30(39-28)21-6-10-24(33)11-7-21/h6-13,16-17,19-20H,14-15,18H2,1-5H3,(H,34,37)(H,35,36). The normalized spacial score (nSPS) is 11.3. The van der Waals surface area contributed by atoms with Gasteiger partial charge < -0.3 is 19.8 Å². The van der Waals surface area contributed by atoms with Crippen LogP contribution in [0.4, 0.5) is 4.39 Å². The summed E-state index contributed by atoms with van der Waals surface area (Å²) >= 11 is 0. The molecule has 0 atom stereocenters. The predicted molar refractivity (Wildman–Crippen MR) is 153 cm³/mol. The largest absolute Gasteiger partial charge is 0.493 e. The summed E-state index contributed by atoms with van der Waals surface area (Å²) in [7, 11) is 1.55. The second kappa shape index (κ2) is 12.2. The first-order chi connectivity index (χ1) is 18.7. The lowest BCUT2D eigenvalue weighted by atomic mass is 9.98. The minimum absolute atomic E-state index is 0.160. The summed E-state index contributed by atoms with van der Waals surface area (Å²) in [4.78, 5) is 25.9. The summed E-state index contributed by atoms with van der Waals surface area (Å²) in [6.45, 7) is 9.47. The number of amides is 2. The van der Waals surface area contributed by atoms with Crippen LogP contribution in [0.25, 0.3) is 33.4 Å². The number of nitrogens with one attached hydrogen (secondary N) is 2. The zero-order valence-electron chi connectivity index (χ0n) is 23.1. The number of furan rings is 1. The Balaban J connectivity index is 1.83. The van der Waals surface area contributed by atoms with Gasteiger partial charge in [0.25, 0.3) is 11.8 Å². The van der Waals surface area contributed by atoms with Crippen molar-refractivity contribution >= 4 is 22.8 Å². The number of rotatable bonds is 10. The van der Waals surface area contributed by atoms with Crippen molar-refractivity contribution in [3.63, 3.8) is 0 Å². The summed E-state index contributed by atoms with van der Waals surface area (Å²) in [5.74, 6) is 0.968. The van der Waals surface area contributed by atoms with Crippen LogP contribution in [-0.2, 0) is 0 Å². The highest BCUT2D eigenvalue weighted by Gasteiger charge is 2.23. The van der Waals surface area contributed by atoms with E-state index >= 15 is 0 Å². The van der Waals surface area contributed by atoms with Crippen LogP contribution in [0.3, 0.4) is 0 Å². The maximum atomic E-state index is 13.6. The molecule has 0 radical (unpaired) electrons. The number of carbonyl (C=O) groups excluding carboxylic acids is 2. The maximum Gasteiger partial charge on any atom is 0.255 e. The summed E-state index contributed by atoms with van der Waals surface area (Å²) in [6, 6.07) is 16.8. The number of ether oxygens (including phenoxy) is 1. The quantitative estimate of drug-likeness (QED) is 0.230. The van der Waals surface area contributed by atoms with E-state index in [1.54, 1.807) is 31.3 Å². The van der Waals surface area contributed by atoms with Crippen molar-refractivity contribution in [2.45, 2.75) is 34.1 Å². The first-order valence-electron chi connectivity index (χ1n) is 13.3. The Labute approximate surface area is 228 Å². The topological polar surface area (TPSA) is 80.6 Å². The van der Waals surface area contributed by atoms with Gasteiger partial charge in [-0.05, 0) is 78.4 Å². The molecule has 0 saturated carbocycles. The van der Waals surface area contributed by atoms with Crippen LogP contribution < -0.4 is 15.4 Å². The SMILES string of the molecule is CNC(=O)c1c(-c2ccc(F)cc2)oc2ccc(-c3cc(C(=O)NCC(C)C)ccc3OCCC(C)C)cc12. The van der Waals surface area contributed by atoms with E-state index in [0.29, 0.717) is 64.2 Å². The fourth-order valence-corrected chi connectivity index (χ4v) is 4.25. The molecular formula is C32H35FN2O4. The first kappa shape index (κ1) is 27.9. The van der Waals surface area contributed by atoms with Crippen molar-refractivity contribution in [1.29, 1.82) is 0 Å². The van der Waals surface area contributed by atoms with Gasteiger partial charge in [-0.1, -0.05) is 33.8 Å². The molecular weight excluding hydrogens is 495 g/mol. The molecule has 0 fully saturated rings. The van der Waals surface area contributed by atoms with Crippen LogP contribution in [0.2, 0.25) is 0 Å². The molecule has 3 aromatic carbocycles. The Hall–Kier alpha value is -4.13. The summed E-state index contributed by atoms with van der Waals surface area (Å²) < 4.78 is 25.8. The molecule has 2 amide bonds. The molecule has 0 saturated heterocycles. The van der Waals surface area contributed by atoms with Crippen molar-refractivity contribution < 1.29 is 23.1 Å². The van der Waals surface area contributed by atoms with Crippen LogP contribution in [0.5, 0.6) is 5.75 Å². The van der Waals surface area contributed by atoms with E-state index in [9.17, 15) is 14.0 Å². The lowest BCUT2D eigenvalue weighted by Crippen LogP contribution is -2.27. The van der Waals surface area contributed by atoms with Crippen molar-refractivity contribution in [2.75, 3.05) is 20.2 Å². The van der Waals surface area contributed by atoms with Gasteiger partial charge in [0.15, 0.2) is 0 Å². The van der Waals surface area contributed by atoms with E-state index in [0.717, 1.165) is 17.5 Å². The van der Waals surface area contributed by atoms with Gasteiger partial charge in [-0.25, -0.2) is 4.39 Å². The zero-order chi connectivity index (χ0) is 28.1. The van der Waals surface area contributed by atoms with Crippen LogP contribution >= 0.6 is 0 Å². The third-order valence-electron chi connectivity index (χ3n) is 6.42. The third-order valence-corrected chi connectivity index (χ3v) is 6.42. The van der Waals surface area contributed by atoms with E-state index in [1.807, 2.05) is 38.1 Å². The zero-order valence-corrected chi connectivity index (χ0v) is 23.1. The minimum atomic E-state index is -0.374. The molecule has 0 aliphatic carbocycles. The maximum absolute atomic E-state index is 13.6. The van der Waals surface area contributed by atoms with Crippen molar-refractivity contribution in [2.24, 2.45) is 11.8 Å². The van der Waals surface area contributed by atoms with Crippen LogP contribution in [0.15, 0.2) is 65.1 Å². The van der Waals surface area contributed by atoms with Crippen LogP contribution in [0, 0.1) is 17.7 Å². The van der Waals surface area contributed by atoms with Gasteiger partial charge in [0.1, 0.15) is 22.9 Å². The average molecular weight is 531 g/mol. The van der Waals surface area contributed by atoms with E-state index in [2.05, 4.69) is 24.5 Å². The van der Waals surface area contributed by atoms with E-state index < -0.39 is 0 Å². The molecule has 1 aromatic heterocycles. The molecule has 0 spiro atoms. The van der Waals surface area contributed by atoms with Gasteiger partial charge in [-0.15, -0.1) is 0 Å². The van der Waals surface area contributed by atoms with Crippen LogP contribution in [0.1, 0.15) is 54.8 Å². The Kier molecular flexibility index (Phi) is 8.69.